The molecule has 0 spiro atoms. The van der Waals surface area contributed by atoms with Crippen molar-refractivity contribution in [2.24, 2.45) is 5.41 Å². The maximum atomic E-state index is 12.1. The number of ether oxygens (including phenoxy) is 1. The highest BCUT2D eigenvalue weighted by atomic mass is 16.5. The average Bonchev–Trinajstić information content (AvgIpc) is 2.40. The smallest absolute Gasteiger partial charge is 0.407 e. The predicted octanol–water partition coefficient (Wildman–Crippen LogP) is 1.93. The molecule has 128 valence electrons. The van der Waals surface area contributed by atoms with Crippen LogP contribution in [0.25, 0.3) is 0 Å². The molecule has 0 saturated heterocycles. The number of carbonyl (C=O) groups is 3. The lowest BCUT2D eigenvalue weighted by Gasteiger charge is -2.30. The molecule has 0 radical (unpaired) electrons. The minimum atomic E-state index is -1.11. The topological polar surface area (TPSA) is 105 Å². The molecule has 0 aromatic carbocycles. The van der Waals surface area contributed by atoms with Gasteiger partial charge in [0.25, 0.3) is 0 Å². The molecule has 0 bridgehead atoms. The van der Waals surface area contributed by atoms with Gasteiger partial charge < -0.3 is 20.5 Å². The Morgan fingerprint density at radius 3 is 2.00 bits per heavy atom. The summed E-state index contributed by atoms with van der Waals surface area (Å²) in [5.74, 6) is -1.66. The van der Waals surface area contributed by atoms with Gasteiger partial charge in [0.2, 0.25) is 5.91 Å². The first-order chi connectivity index (χ1) is 10.0. The Labute approximate surface area is 132 Å². The molecule has 0 aromatic heterocycles. The van der Waals surface area contributed by atoms with Gasteiger partial charge in [-0.2, -0.15) is 0 Å². The van der Waals surface area contributed by atoms with Crippen LogP contribution in [-0.2, 0) is 14.3 Å². The Kier molecular flexibility index (Phi) is 10.8. The second kappa shape index (κ2) is 10.6. The van der Waals surface area contributed by atoms with Gasteiger partial charge in [-0.1, -0.05) is 33.8 Å². The van der Waals surface area contributed by atoms with Crippen molar-refractivity contribution < 1.29 is 24.2 Å². The third-order valence-corrected chi connectivity index (χ3v) is 2.60. The van der Waals surface area contributed by atoms with Gasteiger partial charge in [0.05, 0.1) is 7.11 Å². The molecule has 0 aliphatic carbocycles. The third-order valence-electron chi connectivity index (χ3n) is 2.60. The maximum Gasteiger partial charge on any atom is 0.407 e. The van der Waals surface area contributed by atoms with Crippen molar-refractivity contribution in [3.05, 3.63) is 12.7 Å². The Morgan fingerprint density at radius 1 is 1.27 bits per heavy atom. The SMILES string of the molecule is C=CC.CC[C@H](NC(=O)C(NC(=O)OC)C(C)(C)C)C(=O)O. The summed E-state index contributed by atoms with van der Waals surface area (Å²) in [6.45, 7) is 12.2. The summed E-state index contributed by atoms with van der Waals surface area (Å²) in [4.78, 5) is 34.2. The Morgan fingerprint density at radius 2 is 1.73 bits per heavy atom. The van der Waals surface area contributed by atoms with E-state index in [0.29, 0.717) is 0 Å². The minimum absolute atomic E-state index is 0.260. The molecular formula is C15H28N2O5. The lowest BCUT2D eigenvalue weighted by Crippen LogP contribution is -2.56. The van der Waals surface area contributed by atoms with Gasteiger partial charge in [-0.15, -0.1) is 6.58 Å². The monoisotopic (exact) mass is 316 g/mol. The first-order valence-electron chi connectivity index (χ1n) is 6.99. The zero-order valence-electron chi connectivity index (χ0n) is 14.2. The molecule has 3 N–H and O–H groups in total. The minimum Gasteiger partial charge on any atom is -0.480 e. The van der Waals surface area contributed by atoms with Crippen LogP contribution in [0.5, 0.6) is 0 Å². The first kappa shape index (κ1) is 22.2. The molecule has 7 heteroatoms. The van der Waals surface area contributed by atoms with E-state index in [2.05, 4.69) is 21.9 Å². The molecule has 7 nitrogen and oxygen atoms in total. The van der Waals surface area contributed by atoms with Gasteiger partial charge in [-0.05, 0) is 18.8 Å². The number of amides is 2. The van der Waals surface area contributed by atoms with Crippen LogP contribution in [-0.4, -0.2) is 42.3 Å². The number of methoxy groups -OCH3 is 1. The molecule has 0 rings (SSSR count). The highest BCUT2D eigenvalue weighted by Gasteiger charge is 2.34. The molecule has 0 aromatic rings. The number of hydrogen-bond donors (Lipinski definition) is 3. The maximum absolute atomic E-state index is 12.1. The quantitative estimate of drug-likeness (QED) is 0.672. The predicted molar refractivity (Wildman–Crippen MR) is 84.5 cm³/mol. The van der Waals surface area contributed by atoms with Crippen LogP contribution in [0.15, 0.2) is 12.7 Å². The van der Waals surface area contributed by atoms with Gasteiger partial charge in [0.15, 0.2) is 0 Å². The summed E-state index contributed by atoms with van der Waals surface area (Å²) in [6.07, 6.45) is 1.27. The molecule has 0 fully saturated rings. The zero-order chi connectivity index (χ0) is 17.9. The number of hydrogen-bond acceptors (Lipinski definition) is 4. The summed E-state index contributed by atoms with van der Waals surface area (Å²) in [5, 5.41) is 13.7. The zero-order valence-corrected chi connectivity index (χ0v) is 14.2. The van der Waals surface area contributed by atoms with Gasteiger partial charge in [0, 0.05) is 0 Å². The van der Waals surface area contributed by atoms with E-state index in [9.17, 15) is 14.4 Å². The number of alkyl carbamates (subject to hydrolysis) is 1. The van der Waals surface area contributed by atoms with E-state index in [0.717, 1.165) is 0 Å². The first-order valence-corrected chi connectivity index (χ1v) is 6.99. The number of aliphatic carboxylic acids is 1. The van der Waals surface area contributed by atoms with Crippen molar-refractivity contribution in [1.82, 2.24) is 10.6 Å². The standard InChI is InChI=1S/C12H22N2O5.C3H6/c1-6-7(10(16)17)13-9(15)8(12(2,3)4)14-11(18)19-5;1-3-2/h7-8H,6H2,1-5H3,(H,13,15)(H,14,18)(H,16,17);3H,1H2,2H3/t7-,8?;/m0./s1. The summed E-state index contributed by atoms with van der Waals surface area (Å²) in [6, 6.07) is -1.86. The van der Waals surface area contributed by atoms with E-state index in [1.165, 1.54) is 7.11 Å². The summed E-state index contributed by atoms with van der Waals surface area (Å²) in [7, 11) is 1.19. The van der Waals surface area contributed by atoms with E-state index in [4.69, 9.17) is 5.11 Å². The second-order valence-corrected chi connectivity index (χ2v) is 5.65. The Balaban J connectivity index is 0. The van der Waals surface area contributed by atoms with E-state index >= 15 is 0 Å². The summed E-state index contributed by atoms with van der Waals surface area (Å²) >= 11 is 0. The Hall–Kier alpha value is -2.05. The van der Waals surface area contributed by atoms with Crippen LogP contribution in [0, 0.1) is 5.41 Å². The third kappa shape index (κ3) is 8.99. The molecule has 0 saturated carbocycles. The number of carboxylic acid groups (broad SMARTS) is 1. The van der Waals surface area contributed by atoms with Crippen LogP contribution >= 0.6 is 0 Å². The highest BCUT2D eigenvalue weighted by molar-refractivity contribution is 5.89. The highest BCUT2D eigenvalue weighted by Crippen LogP contribution is 2.19. The van der Waals surface area contributed by atoms with Crippen molar-refractivity contribution in [2.45, 2.75) is 53.1 Å². The molecular weight excluding hydrogens is 288 g/mol. The van der Waals surface area contributed by atoms with Crippen LogP contribution in [0.1, 0.15) is 41.0 Å². The van der Waals surface area contributed by atoms with Crippen LogP contribution in [0.3, 0.4) is 0 Å². The van der Waals surface area contributed by atoms with E-state index in [1.807, 2.05) is 6.92 Å². The van der Waals surface area contributed by atoms with Crippen molar-refractivity contribution >= 4 is 18.0 Å². The number of nitrogens with one attached hydrogen (secondary N) is 2. The van der Waals surface area contributed by atoms with Gasteiger partial charge in [-0.25, -0.2) is 9.59 Å². The van der Waals surface area contributed by atoms with E-state index < -0.39 is 35.5 Å². The van der Waals surface area contributed by atoms with Crippen molar-refractivity contribution in [1.29, 1.82) is 0 Å². The Bertz CT molecular complexity index is 388. The van der Waals surface area contributed by atoms with Gasteiger partial charge in [0.1, 0.15) is 12.1 Å². The van der Waals surface area contributed by atoms with Crippen LogP contribution in [0.2, 0.25) is 0 Å². The number of carboxylic acids is 1. The molecule has 0 aliphatic heterocycles. The van der Waals surface area contributed by atoms with Crippen molar-refractivity contribution in [2.75, 3.05) is 7.11 Å². The van der Waals surface area contributed by atoms with Crippen molar-refractivity contribution in [3.8, 4) is 0 Å². The number of rotatable bonds is 5. The second-order valence-electron chi connectivity index (χ2n) is 5.65. The van der Waals surface area contributed by atoms with Gasteiger partial charge >= 0.3 is 12.1 Å². The molecule has 1 unspecified atom stereocenters. The fourth-order valence-electron chi connectivity index (χ4n) is 1.45. The molecule has 2 amide bonds. The largest absolute Gasteiger partial charge is 0.480 e. The van der Waals surface area contributed by atoms with Crippen LogP contribution in [0.4, 0.5) is 4.79 Å². The van der Waals surface area contributed by atoms with E-state index in [1.54, 1.807) is 33.8 Å². The normalized spacial score (nSPS) is 12.8. The lowest BCUT2D eigenvalue weighted by molar-refractivity contribution is -0.142. The fraction of sp³-hybridized carbons (Fsp3) is 0.667. The molecule has 0 aliphatic rings. The molecule has 2 atom stereocenters. The summed E-state index contributed by atoms with van der Waals surface area (Å²) in [5.41, 5.74) is -0.574. The number of carbonyl (C=O) groups excluding carboxylic acids is 2. The van der Waals surface area contributed by atoms with Crippen molar-refractivity contribution in [3.63, 3.8) is 0 Å². The molecule has 0 heterocycles. The van der Waals surface area contributed by atoms with Gasteiger partial charge in [-0.3, -0.25) is 4.79 Å². The molecule has 22 heavy (non-hydrogen) atoms. The lowest BCUT2D eigenvalue weighted by atomic mass is 9.86. The average molecular weight is 316 g/mol. The van der Waals surface area contributed by atoms with Crippen LogP contribution < -0.4 is 10.6 Å². The number of allylic oxidation sites excluding steroid dienone is 1. The fourth-order valence-corrected chi connectivity index (χ4v) is 1.45. The van der Waals surface area contributed by atoms with E-state index in [-0.39, 0.29) is 6.42 Å². The summed E-state index contributed by atoms with van der Waals surface area (Å²) < 4.78 is 4.46.